The SMILES string of the molecule is COC(=O)N[C@H](C(=O)N1CCC[C@H]1c1ncc(-c2ccc(-c3ccc4ncnc(Nc5ccc(N6CCOCC6)cc5)c4c3)cc2)[nH]1)C(C)C. The fraction of sp³-hybridized carbons (Fsp3) is 0.342. The average Bonchev–Trinajstić information content (AvgIpc) is 3.85. The normalized spacial score (nSPS) is 16.8. The van der Waals surface area contributed by atoms with E-state index in [1.54, 1.807) is 6.33 Å². The summed E-state index contributed by atoms with van der Waals surface area (Å²) >= 11 is 0. The highest BCUT2D eigenvalue weighted by Crippen LogP contribution is 2.34. The van der Waals surface area contributed by atoms with E-state index in [9.17, 15) is 9.59 Å². The van der Waals surface area contributed by atoms with Crippen LogP contribution in [-0.2, 0) is 14.3 Å². The van der Waals surface area contributed by atoms with E-state index in [1.807, 2.05) is 31.0 Å². The molecule has 0 aliphatic carbocycles. The average molecular weight is 675 g/mol. The second-order valence-corrected chi connectivity index (χ2v) is 13.0. The standard InChI is InChI=1S/C38H42N8O4/c1-24(2)34(44-38(48)49-3)37(47)46-16-4-5-33(46)36-39-22-32(43-36)26-8-6-25(7-9-26)27-10-15-31-30(21-27)35(41-23-40-31)42-28-11-13-29(14-12-28)45-17-19-50-20-18-45/h6-15,21-24,33-34H,4-5,16-20H2,1-3H3,(H,39,43)(H,44,48)(H,40,41,42)/t33-,34-/m0/s1. The molecular weight excluding hydrogens is 632 g/mol. The minimum Gasteiger partial charge on any atom is -0.453 e. The highest BCUT2D eigenvalue weighted by molar-refractivity contribution is 5.94. The summed E-state index contributed by atoms with van der Waals surface area (Å²) < 4.78 is 10.2. The molecule has 5 aromatic rings. The lowest BCUT2D eigenvalue weighted by atomic mass is 10.0. The smallest absolute Gasteiger partial charge is 0.407 e. The number of aromatic nitrogens is 4. The van der Waals surface area contributed by atoms with Gasteiger partial charge < -0.3 is 34.9 Å². The number of amides is 2. The number of aromatic amines is 1. The zero-order chi connectivity index (χ0) is 34.6. The number of morpholine rings is 1. The van der Waals surface area contributed by atoms with Crippen LogP contribution in [0.5, 0.6) is 0 Å². The predicted octanol–water partition coefficient (Wildman–Crippen LogP) is 6.31. The third-order valence-corrected chi connectivity index (χ3v) is 9.51. The number of carbonyl (C=O) groups is 2. The minimum absolute atomic E-state index is 0.0929. The van der Waals surface area contributed by atoms with Crippen LogP contribution < -0.4 is 15.5 Å². The monoisotopic (exact) mass is 674 g/mol. The first-order chi connectivity index (χ1) is 24.4. The number of rotatable bonds is 9. The molecule has 2 saturated heterocycles. The molecule has 2 amide bonds. The van der Waals surface area contributed by atoms with Crippen molar-refractivity contribution < 1.29 is 19.1 Å². The molecule has 0 saturated carbocycles. The fourth-order valence-electron chi connectivity index (χ4n) is 6.74. The van der Waals surface area contributed by atoms with E-state index in [0.29, 0.717) is 6.54 Å². The number of nitrogens with one attached hydrogen (secondary N) is 3. The van der Waals surface area contributed by atoms with Crippen LogP contribution in [0, 0.1) is 5.92 Å². The third-order valence-electron chi connectivity index (χ3n) is 9.51. The van der Waals surface area contributed by atoms with Crippen LogP contribution >= 0.6 is 0 Å². The van der Waals surface area contributed by atoms with Gasteiger partial charge in [0, 0.05) is 36.4 Å². The van der Waals surface area contributed by atoms with E-state index >= 15 is 0 Å². The van der Waals surface area contributed by atoms with Crippen LogP contribution in [0.15, 0.2) is 79.3 Å². The van der Waals surface area contributed by atoms with Gasteiger partial charge in [-0.1, -0.05) is 44.2 Å². The van der Waals surface area contributed by atoms with Gasteiger partial charge in [0.1, 0.15) is 24.0 Å². The second kappa shape index (κ2) is 14.6. The molecule has 0 bridgehead atoms. The molecule has 2 aromatic heterocycles. The number of alkyl carbamates (subject to hydrolysis) is 1. The molecule has 7 rings (SSSR count). The Morgan fingerprint density at radius 1 is 0.920 bits per heavy atom. The lowest BCUT2D eigenvalue weighted by Crippen LogP contribution is -2.51. The predicted molar refractivity (Wildman–Crippen MR) is 193 cm³/mol. The summed E-state index contributed by atoms with van der Waals surface area (Å²) in [7, 11) is 1.30. The van der Waals surface area contributed by atoms with Gasteiger partial charge in [-0.25, -0.2) is 19.7 Å². The lowest BCUT2D eigenvalue weighted by Gasteiger charge is -2.30. The number of H-pyrrole nitrogens is 1. The van der Waals surface area contributed by atoms with Crippen LogP contribution in [0.25, 0.3) is 33.3 Å². The maximum Gasteiger partial charge on any atom is 0.407 e. The second-order valence-electron chi connectivity index (χ2n) is 13.0. The molecule has 0 radical (unpaired) electrons. The van der Waals surface area contributed by atoms with Crippen molar-refractivity contribution >= 4 is 40.1 Å². The molecular formula is C38H42N8O4. The molecule has 0 spiro atoms. The number of hydrogen-bond acceptors (Lipinski definition) is 9. The molecule has 2 fully saturated rings. The van der Waals surface area contributed by atoms with Gasteiger partial charge in [0.15, 0.2) is 0 Å². The van der Waals surface area contributed by atoms with Crippen molar-refractivity contribution in [2.45, 2.75) is 38.8 Å². The van der Waals surface area contributed by atoms with Gasteiger partial charge in [0.2, 0.25) is 5.91 Å². The Labute approximate surface area is 291 Å². The van der Waals surface area contributed by atoms with E-state index in [0.717, 1.165) is 89.8 Å². The zero-order valence-corrected chi connectivity index (χ0v) is 28.6. The summed E-state index contributed by atoms with van der Waals surface area (Å²) in [6.07, 6.45) is 4.44. The molecule has 12 heteroatoms. The summed E-state index contributed by atoms with van der Waals surface area (Å²) in [6.45, 7) is 7.73. The van der Waals surface area contributed by atoms with E-state index in [1.165, 1.54) is 12.8 Å². The number of imidazole rings is 1. The third kappa shape index (κ3) is 6.97. The summed E-state index contributed by atoms with van der Waals surface area (Å²) in [4.78, 5) is 46.8. The number of nitrogens with zero attached hydrogens (tertiary/aromatic N) is 5. The van der Waals surface area contributed by atoms with E-state index in [4.69, 9.17) is 9.47 Å². The summed E-state index contributed by atoms with van der Waals surface area (Å²) in [5.41, 5.74) is 6.97. The maximum atomic E-state index is 13.5. The molecule has 2 aliphatic heterocycles. The molecule has 258 valence electrons. The lowest BCUT2D eigenvalue weighted by molar-refractivity contribution is -0.135. The van der Waals surface area contributed by atoms with Gasteiger partial charge in [0.25, 0.3) is 0 Å². The number of carbonyl (C=O) groups excluding carboxylic acids is 2. The van der Waals surface area contributed by atoms with Gasteiger partial charge in [-0.05, 0) is 71.8 Å². The van der Waals surface area contributed by atoms with Crippen molar-refractivity contribution in [1.29, 1.82) is 0 Å². The van der Waals surface area contributed by atoms with Crippen LogP contribution in [0.2, 0.25) is 0 Å². The van der Waals surface area contributed by atoms with Crippen LogP contribution in [0.3, 0.4) is 0 Å². The Balaban J connectivity index is 1.06. The highest BCUT2D eigenvalue weighted by atomic mass is 16.5. The van der Waals surface area contributed by atoms with Gasteiger partial charge in [-0.15, -0.1) is 0 Å². The first-order valence-electron chi connectivity index (χ1n) is 17.1. The molecule has 2 atom stereocenters. The Bertz CT molecular complexity index is 1950. The number of hydrogen-bond donors (Lipinski definition) is 3. The fourth-order valence-corrected chi connectivity index (χ4v) is 6.74. The molecule has 0 unspecified atom stereocenters. The number of methoxy groups -OCH3 is 1. The maximum absolute atomic E-state index is 13.5. The molecule has 3 N–H and O–H groups in total. The van der Waals surface area contributed by atoms with Crippen molar-refractivity contribution in [3.8, 4) is 22.4 Å². The van der Waals surface area contributed by atoms with Gasteiger partial charge >= 0.3 is 6.09 Å². The van der Waals surface area contributed by atoms with Crippen LogP contribution in [0.4, 0.5) is 22.0 Å². The molecule has 2 aliphatic rings. The van der Waals surface area contributed by atoms with Crippen LogP contribution in [-0.4, -0.2) is 82.8 Å². The van der Waals surface area contributed by atoms with Crippen LogP contribution in [0.1, 0.15) is 38.6 Å². The van der Waals surface area contributed by atoms with Gasteiger partial charge in [-0.3, -0.25) is 4.79 Å². The highest BCUT2D eigenvalue weighted by Gasteiger charge is 2.37. The Kier molecular flexibility index (Phi) is 9.61. The Morgan fingerprint density at radius 3 is 2.40 bits per heavy atom. The van der Waals surface area contributed by atoms with Crippen molar-refractivity contribution in [2.24, 2.45) is 5.92 Å². The Morgan fingerprint density at radius 2 is 1.66 bits per heavy atom. The van der Waals surface area contributed by atoms with Gasteiger partial charge in [-0.2, -0.15) is 0 Å². The zero-order valence-electron chi connectivity index (χ0n) is 28.6. The van der Waals surface area contributed by atoms with Gasteiger partial charge in [0.05, 0.1) is 43.8 Å². The van der Waals surface area contributed by atoms with E-state index < -0.39 is 12.1 Å². The topological polar surface area (TPSA) is 138 Å². The van der Waals surface area contributed by atoms with Crippen molar-refractivity contribution in [2.75, 3.05) is 50.2 Å². The molecule has 12 nitrogen and oxygen atoms in total. The van der Waals surface area contributed by atoms with E-state index in [-0.39, 0.29) is 17.9 Å². The summed E-state index contributed by atoms with van der Waals surface area (Å²) in [5, 5.41) is 7.12. The molecule has 50 heavy (non-hydrogen) atoms. The first kappa shape index (κ1) is 33.0. The van der Waals surface area contributed by atoms with Crippen molar-refractivity contribution in [3.63, 3.8) is 0 Å². The quantitative estimate of drug-likeness (QED) is 0.164. The number of ether oxygens (including phenoxy) is 2. The van der Waals surface area contributed by atoms with E-state index in [2.05, 4.69) is 96.1 Å². The molecule has 3 aromatic carbocycles. The summed E-state index contributed by atoms with van der Waals surface area (Å²) in [6, 6.07) is 22.1. The number of anilines is 3. The van der Waals surface area contributed by atoms with Crippen molar-refractivity contribution in [1.82, 2.24) is 30.2 Å². The van der Waals surface area contributed by atoms with Crippen molar-refractivity contribution in [3.05, 3.63) is 85.1 Å². The molecule has 4 heterocycles. The number of benzene rings is 3. The number of fused-ring (bicyclic) bond motifs is 1. The largest absolute Gasteiger partial charge is 0.453 e. The Hall–Kier alpha value is -5.49. The summed E-state index contributed by atoms with van der Waals surface area (Å²) in [5.74, 6) is 1.26. The first-order valence-corrected chi connectivity index (χ1v) is 17.1. The number of likely N-dealkylation sites (tertiary alicyclic amines) is 1. The minimum atomic E-state index is -0.675.